The fourth-order valence-corrected chi connectivity index (χ4v) is 7.70. The lowest BCUT2D eigenvalue weighted by molar-refractivity contribution is -0.123. The van der Waals surface area contributed by atoms with Crippen molar-refractivity contribution in [1.29, 1.82) is 0 Å². The number of carbonyl (C=O) groups excluding carboxylic acids is 1. The highest BCUT2D eigenvalue weighted by atomic mass is 32.1. The first-order valence-corrected chi connectivity index (χ1v) is 15.8. The first kappa shape index (κ1) is 26.5. The number of amides is 1. The predicted molar refractivity (Wildman–Crippen MR) is 159 cm³/mol. The van der Waals surface area contributed by atoms with Gasteiger partial charge in [-0.15, -0.1) is 11.3 Å². The number of hydrogen-bond acceptors (Lipinski definition) is 5. The molecule has 2 heterocycles. The molecule has 39 heavy (non-hydrogen) atoms. The Kier molecular flexibility index (Phi) is 8.01. The number of pyridine rings is 1. The van der Waals surface area contributed by atoms with Gasteiger partial charge in [0.1, 0.15) is 11.6 Å². The Labute approximate surface area is 237 Å². The molecule has 1 amide bonds. The molecule has 6 heteroatoms. The summed E-state index contributed by atoms with van der Waals surface area (Å²) in [6, 6.07) is 10.8. The quantitative estimate of drug-likeness (QED) is 0.287. The number of ether oxygens (including phenoxy) is 1. The van der Waals surface area contributed by atoms with Crippen LogP contribution in [0.1, 0.15) is 98.6 Å². The maximum absolute atomic E-state index is 14.0. The normalized spacial score (nSPS) is 22.0. The van der Waals surface area contributed by atoms with E-state index in [0.717, 1.165) is 62.2 Å². The summed E-state index contributed by atoms with van der Waals surface area (Å²) in [4.78, 5) is 26.7. The summed E-state index contributed by atoms with van der Waals surface area (Å²) in [5, 5.41) is 1.25. The number of aryl methyl sites for hydroxylation is 1. The first-order chi connectivity index (χ1) is 19.1. The summed E-state index contributed by atoms with van der Waals surface area (Å²) in [6.45, 7) is 2.90. The highest BCUT2D eigenvalue weighted by molar-refractivity contribution is 7.15. The number of hydrogen-bond donors (Lipinski definition) is 0. The number of thiazole rings is 1. The zero-order valence-corrected chi connectivity index (χ0v) is 24.2. The fourth-order valence-electron chi connectivity index (χ4n) is 6.62. The SMILES string of the molecule is COc1ccc(C2CCC(CN(C(=O)C3CCCCC3)c3cc(-c4cnc(C5CC5)s4)ccn3)CC2)cc1C. The lowest BCUT2D eigenvalue weighted by atomic mass is 9.78. The van der Waals surface area contributed by atoms with Crippen LogP contribution < -0.4 is 9.64 Å². The molecule has 0 aliphatic heterocycles. The summed E-state index contributed by atoms with van der Waals surface area (Å²) in [5.41, 5.74) is 3.76. The van der Waals surface area contributed by atoms with Crippen molar-refractivity contribution in [3.05, 3.63) is 58.9 Å². The molecule has 0 saturated heterocycles. The molecule has 6 rings (SSSR count). The monoisotopic (exact) mass is 543 g/mol. The second-order valence-corrected chi connectivity index (χ2v) is 13.0. The predicted octanol–water partition coefficient (Wildman–Crippen LogP) is 8.29. The molecule has 3 saturated carbocycles. The van der Waals surface area contributed by atoms with Gasteiger partial charge in [0.05, 0.1) is 17.0 Å². The summed E-state index contributed by atoms with van der Waals surface area (Å²) < 4.78 is 5.47. The van der Waals surface area contributed by atoms with E-state index in [-0.39, 0.29) is 11.8 Å². The zero-order chi connectivity index (χ0) is 26.8. The number of rotatable bonds is 8. The maximum Gasteiger partial charge on any atom is 0.231 e. The van der Waals surface area contributed by atoms with Gasteiger partial charge in [-0.25, -0.2) is 9.97 Å². The molecule has 3 aromatic rings. The summed E-state index contributed by atoms with van der Waals surface area (Å²) in [6.07, 6.45) is 16.6. The minimum atomic E-state index is 0.132. The molecular weight excluding hydrogens is 502 g/mol. The molecule has 3 aliphatic rings. The van der Waals surface area contributed by atoms with E-state index in [0.29, 0.717) is 17.8 Å². The summed E-state index contributed by atoms with van der Waals surface area (Å²) >= 11 is 1.80. The van der Waals surface area contributed by atoms with Gasteiger partial charge in [-0.3, -0.25) is 9.69 Å². The third-order valence-electron chi connectivity index (χ3n) is 9.16. The Bertz CT molecular complexity index is 1290. The maximum atomic E-state index is 14.0. The van der Waals surface area contributed by atoms with Crippen molar-refractivity contribution in [1.82, 2.24) is 9.97 Å². The van der Waals surface area contributed by atoms with E-state index < -0.39 is 0 Å². The van der Waals surface area contributed by atoms with E-state index >= 15 is 0 Å². The Hall–Kier alpha value is -2.73. The summed E-state index contributed by atoms with van der Waals surface area (Å²) in [5.74, 6) is 3.94. The third kappa shape index (κ3) is 6.06. The lowest BCUT2D eigenvalue weighted by Crippen LogP contribution is -2.41. The van der Waals surface area contributed by atoms with Gasteiger partial charge in [-0.1, -0.05) is 31.4 Å². The number of carbonyl (C=O) groups is 1. The van der Waals surface area contributed by atoms with Gasteiger partial charge in [0.25, 0.3) is 0 Å². The van der Waals surface area contributed by atoms with Crippen molar-refractivity contribution in [2.45, 2.75) is 89.4 Å². The molecule has 0 radical (unpaired) electrons. The van der Waals surface area contributed by atoms with Crippen LogP contribution in [0.5, 0.6) is 5.75 Å². The van der Waals surface area contributed by atoms with Crippen LogP contribution in [-0.4, -0.2) is 29.5 Å². The van der Waals surface area contributed by atoms with Crippen molar-refractivity contribution in [3.8, 4) is 16.2 Å². The second-order valence-electron chi connectivity index (χ2n) is 12.0. The number of benzene rings is 1. The van der Waals surface area contributed by atoms with Crippen molar-refractivity contribution >= 4 is 23.1 Å². The Morgan fingerprint density at radius 1 is 0.949 bits per heavy atom. The standard InChI is InChI=1S/C33H41N3O2S/c1-22-18-27(14-15-29(22)38-2)24-10-8-23(9-11-24)21-36(33(37)26-6-4-3-5-7-26)31-19-28(16-17-34-31)30-20-35-32(39-30)25-12-13-25/h14-20,23-26H,3-13,21H2,1-2H3. The van der Waals surface area contributed by atoms with Gasteiger partial charge in [0.2, 0.25) is 5.91 Å². The highest BCUT2D eigenvalue weighted by Crippen LogP contribution is 2.44. The highest BCUT2D eigenvalue weighted by Gasteiger charge is 2.32. The Balaban J connectivity index is 1.19. The van der Waals surface area contributed by atoms with Crippen LogP contribution in [0.25, 0.3) is 10.4 Å². The molecule has 1 aromatic carbocycles. The van der Waals surface area contributed by atoms with Crippen LogP contribution in [-0.2, 0) is 4.79 Å². The van der Waals surface area contributed by atoms with Gasteiger partial charge in [-0.2, -0.15) is 0 Å². The second kappa shape index (κ2) is 11.8. The van der Waals surface area contributed by atoms with E-state index in [1.807, 2.05) is 12.4 Å². The average Bonchev–Trinajstić information content (AvgIpc) is 3.72. The molecule has 3 aliphatic carbocycles. The van der Waals surface area contributed by atoms with E-state index in [4.69, 9.17) is 9.72 Å². The van der Waals surface area contributed by atoms with Crippen LogP contribution in [0, 0.1) is 18.8 Å². The molecule has 3 fully saturated rings. The average molecular weight is 544 g/mol. The zero-order valence-electron chi connectivity index (χ0n) is 23.4. The minimum absolute atomic E-state index is 0.132. The lowest BCUT2D eigenvalue weighted by Gasteiger charge is -2.35. The molecule has 0 N–H and O–H groups in total. The first-order valence-electron chi connectivity index (χ1n) is 15.0. The van der Waals surface area contributed by atoms with Gasteiger partial charge in [0, 0.05) is 30.8 Å². The molecule has 0 unspecified atom stereocenters. The smallest absolute Gasteiger partial charge is 0.231 e. The molecule has 0 spiro atoms. The Morgan fingerprint density at radius 2 is 1.72 bits per heavy atom. The molecule has 0 bridgehead atoms. The van der Waals surface area contributed by atoms with E-state index in [2.05, 4.69) is 47.1 Å². The van der Waals surface area contributed by atoms with Crippen LogP contribution >= 0.6 is 11.3 Å². The third-order valence-corrected chi connectivity index (χ3v) is 10.4. The van der Waals surface area contributed by atoms with Crippen LogP contribution in [0.15, 0.2) is 42.7 Å². The van der Waals surface area contributed by atoms with Gasteiger partial charge >= 0.3 is 0 Å². The van der Waals surface area contributed by atoms with Crippen molar-refractivity contribution in [3.63, 3.8) is 0 Å². The van der Waals surface area contributed by atoms with Gasteiger partial charge in [0.15, 0.2) is 0 Å². The van der Waals surface area contributed by atoms with Crippen LogP contribution in [0.4, 0.5) is 5.82 Å². The number of aromatic nitrogens is 2. The van der Waals surface area contributed by atoms with Crippen LogP contribution in [0.3, 0.4) is 0 Å². The minimum Gasteiger partial charge on any atom is -0.496 e. The molecule has 0 atom stereocenters. The van der Waals surface area contributed by atoms with Crippen molar-refractivity contribution in [2.75, 3.05) is 18.6 Å². The van der Waals surface area contributed by atoms with Gasteiger partial charge in [-0.05, 0) is 105 Å². The van der Waals surface area contributed by atoms with Crippen LogP contribution in [0.2, 0.25) is 0 Å². The molecule has 2 aromatic heterocycles. The van der Waals surface area contributed by atoms with E-state index in [1.54, 1.807) is 18.4 Å². The molecule has 5 nitrogen and oxygen atoms in total. The number of nitrogens with zero attached hydrogens (tertiary/aromatic N) is 3. The number of methoxy groups -OCH3 is 1. The number of anilines is 1. The van der Waals surface area contributed by atoms with Crippen molar-refractivity contribution < 1.29 is 9.53 Å². The van der Waals surface area contributed by atoms with E-state index in [1.165, 1.54) is 53.1 Å². The summed E-state index contributed by atoms with van der Waals surface area (Å²) in [7, 11) is 1.74. The van der Waals surface area contributed by atoms with Crippen molar-refractivity contribution in [2.24, 2.45) is 11.8 Å². The fraction of sp³-hybridized carbons (Fsp3) is 0.545. The molecular formula is C33H41N3O2S. The topological polar surface area (TPSA) is 55.3 Å². The largest absolute Gasteiger partial charge is 0.496 e. The Morgan fingerprint density at radius 3 is 2.44 bits per heavy atom. The molecule has 206 valence electrons. The van der Waals surface area contributed by atoms with Gasteiger partial charge < -0.3 is 4.74 Å². The van der Waals surface area contributed by atoms with E-state index in [9.17, 15) is 4.79 Å².